The fourth-order valence-corrected chi connectivity index (χ4v) is 3.78. The van der Waals surface area contributed by atoms with Crippen LogP contribution in [0.4, 0.5) is 0 Å². The summed E-state index contributed by atoms with van der Waals surface area (Å²) >= 11 is 5.97. The number of amides is 1. The first kappa shape index (κ1) is 15.2. The van der Waals surface area contributed by atoms with Crippen LogP contribution in [0.25, 0.3) is 0 Å². The first-order valence-electron chi connectivity index (χ1n) is 7.97. The maximum atomic E-state index is 12.6. The van der Waals surface area contributed by atoms with Gasteiger partial charge in [0.2, 0.25) is 0 Å². The molecule has 24 heavy (non-hydrogen) atoms. The van der Waals surface area contributed by atoms with Crippen LogP contribution in [0.2, 0.25) is 5.02 Å². The van der Waals surface area contributed by atoms with Gasteiger partial charge in [-0.1, -0.05) is 35.9 Å². The Hall–Kier alpha value is -2.33. The van der Waals surface area contributed by atoms with Gasteiger partial charge in [-0.25, -0.2) is 4.79 Å². The molecule has 2 heterocycles. The molecule has 0 aliphatic carbocycles. The number of nitrogens with zero attached hydrogens (tertiary/aromatic N) is 1. The topological polar surface area (TPSA) is 46.6 Å². The zero-order valence-corrected chi connectivity index (χ0v) is 13.8. The second kappa shape index (κ2) is 5.64. The van der Waals surface area contributed by atoms with Crippen molar-refractivity contribution in [3.63, 3.8) is 0 Å². The Morgan fingerprint density at radius 2 is 1.83 bits per heavy atom. The molecule has 2 aromatic carbocycles. The van der Waals surface area contributed by atoms with Gasteiger partial charge in [-0.3, -0.25) is 4.79 Å². The van der Waals surface area contributed by atoms with Gasteiger partial charge >= 0.3 is 5.97 Å². The van der Waals surface area contributed by atoms with E-state index >= 15 is 0 Å². The van der Waals surface area contributed by atoms with Crippen molar-refractivity contribution in [2.24, 2.45) is 0 Å². The summed E-state index contributed by atoms with van der Waals surface area (Å²) in [5, 5.41) is 0.549. The number of carbonyl (C=O) groups is 2. The molecule has 0 N–H and O–H groups in total. The molecule has 5 heteroatoms. The lowest BCUT2D eigenvalue weighted by molar-refractivity contribution is -0.0389. The number of hydrogen-bond donors (Lipinski definition) is 0. The summed E-state index contributed by atoms with van der Waals surface area (Å²) in [4.78, 5) is 26.5. The average molecular weight is 342 g/mol. The van der Waals surface area contributed by atoms with Gasteiger partial charge in [-0.2, -0.15) is 0 Å². The summed E-state index contributed by atoms with van der Waals surface area (Å²) in [7, 11) is 0. The van der Waals surface area contributed by atoms with E-state index in [1.54, 1.807) is 35.2 Å². The monoisotopic (exact) mass is 341 g/mol. The van der Waals surface area contributed by atoms with Crippen molar-refractivity contribution in [1.29, 1.82) is 0 Å². The van der Waals surface area contributed by atoms with Crippen LogP contribution in [-0.4, -0.2) is 29.9 Å². The normalized spacial score (nSPS) is 18.4. The zero-order chi connectivity index (χ0) is 16.7. The predicted octanol–water partition coefficient (Wildman–Crippen LogP) is 3.64. The van der Waals surface area contributed by atoms with Gasteiger partial charge in [-0.15, -0.1) is 0 Å². The lowest BCUT2D eigenvalue weighted by atomic mass is 9.83. The largest absolute Gasteiger partial charge is 0.450 e. The van der Waals surface area contributed by atoms with Crippen LogP contribution in [0.5, 0.6) is 0 Å². The first-order chi connectivity index (χ1) is 11.6. The third-order valence-electron chi connectivity index (χ3n) is 4.86. The smallest absolute Gasteiger partial charge is 0.339 e. The van der Waals surface area contributed by atoms with Gasteiger partial charge in [-0.05, 0) is 24.3 Å². The number of piperidine rings is 1. The molecule has 1 fully saturated rings. The molecule has 0 unspecified atom stereocenters. The Kier molecular flexibility index (Phi) is 3.57. The number of fused-ring (bicyclic) bond motifs is 2. The lowest BCUT2D eigenvalue weighted by Gasteiger charge is -2.38. The number of likely N-dealkylation sites (tertiary alicyclic amines) is 1. The highest BCUT2D eigenvalue weighted by atomic mass is 35.5. The second-order valence-electron chi connectivity index (χ2n) is 6.23. The van der Waals surface area contributed by atoms with Crippen molar-refractivity contribution < 1.29 is 14.3 Å². The minimum atomic E-state index is -0.585. The third-order valence-corrected chi connectivity index (χ3v) is 5.09. The molecule has 4 rings (SSSR count). The van der Waals surface area contributed by atoms with E-state index in [1.165, 1.54) is 0 Å². The van der Waals surface area contributed by atoms with Gasteiger partial charge in [0.25, 0.3) is 5.91 Å². The van der Waals surface area contributed by atoms with Crippen molar-refractivity contribution in [1.82, 2.24) is 4.90 Å². The lowest BCUT2D eigenvalue weighted by Crippen LogP contribution is -2.45. The molecule has 0 saturated carbocycles. The van der Waals surface area contributed by atoms with E-state index in [2.05, 4.69) is 0 Å². The maximum absolute atomic E-state index is 12.6. The molecular formula is C19H16ClNO3. The molecular weight excluding hydrogens is 326 g/mol. The van der Waals surface area contributed by atoms with Crippen LogP contribution in [-0.2, 0) is 10.3 Å². The van der Waals surface area contributed by atoms with Crippen LogP contribution in [0.3, 0.4) is 0 Å². The molecule has 1 spiro atoms. The van der Waals surface area contributed by atoms with Crippen LogP contribution in [0.15, 0.2) is 48.5 Å². The van der Waals surface area contributed by atoms with Crippen molar-refractivity contribution >= 4 is 23.5 Å². The average Bonchev–Trinajstić information content (AvgIpc) is 2.88. The van der Waals surface area contributed by atoms with Gasteiger partial charge < -0.3 is 9.64 Å². The quantitative estimate of drug-likeness (QED) is 0.744. The molecule has 0 bridgehead atoms. The van der Waals surface area contributed by atoms with Crippen molar-refractivity contribution in [2.45, 2.75) is 18.4 Å². The van der Waals surface area contributed by atoms with Crippen LogP contribution in [0, 0.1) is 0 Å². The number of hydrogen-bond acceptors (Lipinski definition) is 3. The summed E-state index contributed by atoms with van der Waals surface area (Å²) < 4.78 is 5.72. The van der Waals surface area contributed by atoms with Gasteiger partial charge in [0, 0.05) is 42.1 Å². The molecule has 122 valence electrons. The number of benzene rings is 2. The van der Waals surface area contributed by atoms with Gasteiger partial charge in [0.15, 0.2) is 0 Å². The van der Waals surface area contributed by atoms with E-state index in [1.807, 2.05) is 18.2 Å². The predicted molar refractivity (Wildman–Crippen MR) is 90.1 cm³/mol. The van der Waals surface area contributed by atoms with Crippen LogP contribution >= 0.6 is 11.6 Å². The summed E-state index contributed by atoms with van der Waals surface area (Å²) in [6.07, 6.45) is 1.23. The van der Waals surface area contributed by atoms with E-state index in [-0.39, 0.29) is 11.9 Å². The highest BCUT2D eigenvalue weighted by molar-refractivity contribution is 6.30. The Morgan fingerprint density at radius 1 is 1.08 bits per heavy atom. The van der Waals surface area contributed by atoms with E-state index in [0.717, 1.165) is 5.56 Å². The molecule has 2 aliphatic rings. The first-order valence-corrected chi connectivity index (χ1v) is 8.35. The van der Waals surface area contributed by atoms with Crippen molar-refractivity contribution in [2.75, 3.05) is 13.1 Å². The van der Waals surface area contributed by atoms with Gasteiger partial charge in [0.1, 0.15) is 5.60 Å². The molecule has 0 atom stereocenters. The van der Waals surface area contributed by atoms with E-state index in [9.17, 15) is 9.59 Å². The fourth-order valence-electron chi connectivity index (χ4n) is 3.59. The SMILES string of the molecule is O=C1OC2(CCN(C(=O)c3cccc(Cl)c3)CC2)c2ccccc21. The molecule has 1 saturated heterocycles. The molecule has 2 aliphatic heterocycles. The minimum Gasteiger partial charge on any atom is -0.450 e. The number of carbonyl (C=O) groups excluding carboxylic acids is 2. The van der Waals surface area contributed by atoms with Crippen LogP contribution in [0.1, 0.15) is 39.1 Å². The molecule has 4 nitrogen and oxygen atoms in total. The van der Waals surface area contributed by atoms with E-state index in [0.29, 0.717) is 42.1 Å². The van der Waals surface area contributed by atoms with Crippen molar-refractivity contribution in [3.05, 3.63) is 70.2 Å². The van der Waals surface area contributed by atoms with E-state index in [4.69, 9.17) is 16.3 Å². The Bertz CT molecular complexity index is 825. The Labute approximate surface area is 145 Å². The minimum absolute atomic E-state index is 0.0371. The van der Waals surface area contributed by atoms with E-state index < -0.39 is 5.60 Å². The third kappa shape index (κ3) is 2.38. The summed E-state index contributed by atoms with van der Waals surface area (Å²) in [6.45, 7) is 1.10. The van der Waals surface area contributed by atoms with Gasteiger partial charge in [0.05, 0.1) is 5.56 Å². The number of rotatable bonds is 1. The number of ether oxygens (including phenoxy) is 1. The Morgan fingerprint density at radius 3 is 2.58 bits per heavy atom. The summed E-state index contributed by atoms with van der Waals surface area (Å²) in [5.41, 5.74) is 1.60. The summed E-state index contributed by atoms with van der Waals surface area (Å²) in [6, 6.07) is 14.5. The van der Waals surface area contributed by atoms with Crippen molar-refractivity contribution in [3.8, 4) is 0 Å². The second-order valence-corrected chi connectivity index (χ2v) is 6.67. The molecule has 0 radical (unpaired) electrons. The highest BCUT2D eigenvalue weighted by Crippen LogP contribution is 2.44. The molecule has 1 amide bonds. The Balaban J connectivity index is 1.54. The number of esters is 1. The summed E-state index contributed by atoms with van der Waals surface area (Å²) in [5.74, 6) is -0.301. The zero-order valence-electron chi connectivity index (χ0n) is 13.0. The standard InChI is InChI=1S/C19H16ClNO3/c20-14-5-3-4-13(12-14)17(22)21-10-8-19(9-11-21)16-7-2-1-6-15(16)18(23)24-19/h1-7,12H,8-11H2. The maximum Gasteiger partial charge on any atom is 0.339 e. The molecule has 0 aromatic heterocycles. The fraction of sp³-hybridized carbons (Fsp3) is 0.263. The molecule has 2 aromatic rings. The highest BCUT2D eigenvalue weighted by Gasteiger charge is 2.47. The number of halogens is 1. The van der Waals surface area contributed by atoms with Crippen LogP contribution < -0.4 is 0 Å².